The van der Waals surface area contributed by atoms with Crippen molar-refractivity contribution in [3.05, 3.63) is 59.4 Å². The zero-order valence-electron chi connectivity index (χ0n) is 14.9. The average molecular weight is 376 g/mol. The van der Waals surface area contributed by atoms with Crippen molar-refractivity contribution < 1.29 is 33.3 Å². The Kier molecular flexibility index (Phi) is 7.61. The second kappa shape index (κ2) is 10.2. The lowest BCUT2D eigenvalue weighted by Gasteiger charge is -2.10. The minimum atomic E-state index is -1.07. The van der Waals surface area contributed by atoms with Crippen LogP contribution in [0.4, 0.5) is 4.39 Å². The smallest absolute Gasteiger partial charge is 0.341 e. The first-order chi connectivity index (χ1) is 13.0. The van der Waals surface area contributed by atoms with Crippen LogP contribution < -0.4 is 9.47 Å². The minimum absolute atomic E-state index is 0.0896. The first-order valence-corrected chi connectivity index (χ1v) is 8.48. The van der Waals surface area contributed by atoms with Gasteiger partial charge in [-0.05, 0) is 48.7 Å². The summed E-state index contributed by atoms with van der Waals surface area (Å²) in [5.41, 5.74) is 1.39. The van der Waals surface area contributed by atoms with Gasteiger partial charge < -0.3 is 19.3 Å². The lowest BCUT2D eigenvalue weighted by molar-refractivity contribution is -0.143. The van der Waals surface area contributed by atoms with E-state index in [0.717, 1.165) is 0 Å². The molecular weight excluding hydrogens is 355 g/mol. The lowest BCUT2D eigenvalue weighted by Crippen LogP contribution is -2.09. The van der Waals surface area contributed by atoms with Gasteiger partial charge in [0.05, 0.1) is 6.61 Å². The molecule has 27 heavy (non-hydrogen) atoms. The van der Waals surface area contributed by atoms with Gasteiger partial charge in [0.1, 0.15) is 12.4 Å². The van der Waals surface area contributed by atoms with Crippen LogP contribution in [0.25, 0.3) is 0 Å². The van der Waals surface area contributed by atoms with Crippen LogP contribution in [0.1, 0.15) is 24.5 Å². The predicted molar refractivity (Wildman–Crippen MR) is 95.3 cm³/mol. The Hall–Kier alpha value is -3.09. The molecule has 0 aliphatic heterocycles. The Balaban J connectivity index is 1.91. The van der Waals surface area contributed by atoms with Crippen molar-refractivity contribution in [3.8, 4) is 11.5 Å². The summed E-state index contributed by atoms with van der Waals surface area (Å²) in [5, 5.41) is 8.63. The molecule has 0 aliphatic rings. The number of esters is 1. The van der Waals surface area contributed by atoms with E-state index in [4.69, 9.17) is 19.3 Å². The third kappa shape index (κ3) is 6.97. The number of aryl methyl sites for hydroxylation is 1. The van der Waals surface area contributed by atoms with Crippen molar-refractivity contribution in [2.45, 2.75) is 26.4 Å². The maximum absolute atomic E-state index is 14.2. The summed E-state index contributed by atoms with van der Waals surface area (Å²) in [6.45, 7) is 1.72. The Labute approximate surface area is 156 Å². The highest BCUT2D eigenvalue weighted by Gasteiger charge is 2.08. The van der Waals surface area contributed by atoms with Crippen molar-refractivity contribution in [3.63, 3.8) is 0 Å². The fourth-order valence-corrected chi connectivity index (χ4v) is 2.33. The maximum atomic E-state index is 14.2. The van der Waals surface area contributed by atoms with E-state index in [2.05, 4.69) is 0 Å². The summed E-state index contributed by atoms with van der Waals surface area (Å²) >= 11 is 0. The van der Waals surface area contributed by atoms with Crippen LogP contribution >= 0.6 is 0 Å². The van der Waals surface area contributed by atoms with Crippen LogP contribution in [0.2, 0.25) is 0 Å². The molecule has 6 nitrogen and oxygen atoms in total. The van der Waals surface area contributed by atoms with Crippen LogP contribution in [-0.4, -0.2) is 30.3 Å². The summed E-state index contributed by atoms with van der Waals surface area (Å²) in [6, 6.07) is 11.3. The molecule has 0 bridgehead atoms. The Morgan fingerprint density at radius 1 is 1.07 bits per heavy atom. The number of carboxylic acid groups (broad SMARTS) is 1. The highest BCUT2D eigenvalue weighted by atomic mass is 19.1. The second-order valence-corrected chi connectivity index (χ2v) is 5.69. The molecule has 0 fully saturated rings. The zero-order chi connectivity index (χ0) is 19.6. The van der Waals surface area contributed by atoms with E-state index in [-0.39, 0.29) is 24.7 Å². The molecule has 0 saturated heterocycles. The zero-order valence-corrected chi connectivity index (χ0v) is 14.9. The van der Waals surface area contributed by atoms with Crippen molar-refractivity contribution in [2.24, 2.45) is 0 Å². The highest BCUT2D eigenvalue weighted by molar-refractivity contribution is 5.69. The molecule has 2 rings (SSSR count). The predicted octanol–water partition coefficient (Wildman–Crippen LogP) is 3.36. The van der Waals surface area contributed by atoms with Gasteiger partial charge in [0, 0.05) is 6.42 Å². The van der Waals surface area contributed by atoms with Crippen LogP contribution in [0.5, 0.6) is 11.5 Å². The van der Waals surface area contributed by atoms with Gasteiger partial charge in [0.25, 0.3) is 0 Å². The average Bonchev–Trinajstić information content (AvgIpc) is 2.64. The molecule has 2 aromatic rings. The van der Waals surface area contributed by atoms with Crippen LogP contribution in [0.15, 0.2) is 42.5 Å². The number of rotatable bonds is 10. The first kappa shape index (κ1) is 20.2. The Bertz CT molecular complexity index is 790. The molecule has 0 amide bonds. The van der Waals surface area contributed by atoms with E-state index in [0.29, 0.717) is 29.9 Å². The molecule has 0 aliphatic carbocycles. The molecule has 144 valence electrons. The van der Waals surface area contributed by atoms with Crippen molar-refractivity contribution in [2.75, 3.05) is 13.2 Å². The molecule has 0 spiro atoms. The number of carbonyl (C=O) groups excluding carboxylic acids is 1. The van der Waals surface area contributed by atoms with E-state index in [1.807, 2.05) is 0 Å². The third-order valence-electron chi connectivity index (χ3n) is 3.57. The maximum Gasteiger partial charge on any atom is 0.341 e. The molecule has 0 unspecified atom stereocenters. The molecule has 0 radical (unpaired) electrons. The van der Waals surface area contributed by atoms with Crippen molar-refractivity contribution >= 4 is 11.9 Å². The normalized spacial score (nSPS) is 10.3. The summed E-state index contributed by atoms with van der Waals surface area (Å²) in [4.78, 5) is 21.9. The SMILES string of the molecule is CCOC(=O)CCc1ccc(OCc2cccc(OCC(=O)O)c2)c(F)c1. The number of carbonyl (C=O) groups is 2. The fraction of sp³-hybridized carbons (Fsp3) is 0.300. The lowest BCUT2D eigenvalue weighted by atomic mass is 10.1. The summed E-state index contributed by atoms with van der Waals surface area (Å²) in [7, 11) is 0. The minimum Gasteiger partial charge on any atom is -0.486 e. The van der Waals surface area contributed by atoms with E-state index < -0.39 is 18.4 Å². The molecule has 0 saturated carbocycles. The Morgan fingerprint density at radius 3 is 2.59 bits per heavy atom. The molecule has 1 N–H and O–H groups in total. The molecule has 0 aromatic heterocycles. The molecule has 7 heteroatoms. The van der Waals surface area contributed by atoms with Gasteiger partial charge in [-0.2, -0.15) is 0 Å². The largest absolute Gasteiger partial charge is 0.486 e. The van der Waals surface area contributed by atoms with Gasteiger partial charge in [-0.3, -0.25) is 4.79 Å². The van der Waals surface area contributed by atoms with E-state index in [1.54, 1.807) is 37.3 Å². The standard InChI is InChI=1S/C20H21FO6/c1-2-25-20(24)9-7-14-6-8-18(17(21)11-14)27-12-15-4-3-5-16(10-15)26-13-19(22)23/h3-6,8,10-11H,2,7,9,12-13H2,1H3,(H,22,23). The number of benzene rings is 2. The van der Waals surface area contributed by atoms with Gasteiger partial charge in [0.15, 0.2) is 18.2 Å². The van der Waals surface area contributed by atoms with E-state index >= 15 is 0 Å². The number of aliphatic carboxylic acids is 1. The van der Waals surface area contributed by atoms with Gasteiger partial charge in [0.2, 0.25) is 0 Å². The third-order valence-corrected chi connectivity index (χ3v) is 3.57. The van der Waals surface area contributed by atoms with Crippen molar-refractivity contribution in [1.29, 1.82) is 0 Å². The van der Waals surface area contributed by atoms with Gasteiger partial charge in [-0.15, -0.1) is 0 Å². The molecule has 0 heterocycles. The van der Waals surface area contributed by atoms with Crippen molar-refractivity contribution in [1.82, 2.24) is 0 Å². The number of carboxylic acids is 1. The number of hydrogen-bond donors (Lipinski definition) is 1. The number of halogens is 1. The highest BCUT2D eigenvalue weighted by Crippen LogP contribution is 2.21. The molecular formula is C20H21FO6. The fourth-order valence-electron chi connectivity index (χ4n) is 2.33. The summed E-state index contributed by atoms with van der Waals surface area (Å²) in [6.07, 6.45) is 0.579. The van der Waals surface area contributed by atoms with Gasteiger partial charge in [-0.25, -0.2) is 9.18 Å². The van der Waals surface area contributed by atoms with Gasteiger partial charge in [-0.1, -0.05) is 18.2 Å². The summed E-state index contributed by atoms with van der Waals surface area (Å²) < 4.78 is 29.6. The topological polar surface area (TPSA) is 82.1 Å². The molecule has 2 aromatic carbocycles. The monoisotopic (exact) mass is 376 g/mol. The van der Waals surface area contributed by atoms with E-state index in [9.17, 15) is 14.0 Å². The molecule has 0 atom stereocenters. The van der Waals surface area contributed by atoms with Crippen LogP contribution in [0.3, 0.4) is 0 Å². The van der Waals surface area contributed by atoms with Crippen LogP contribution in [-0.2, 0) is 27.4 Å². The second-order valence-electron chi connectivity index (χ2n) is 5.69. The van der Waals surface area contributed by atoms with E-state index in [1.165, 1.54) is 12.1 Å². The van der Waals surface area contributed by atoms with Gasteiger partial charge >= 0.3 is 11.9 Å². The quantitative estimate of drug-likeness (QED) is 0.641. The summed E-state index contributed by atoms with van der Waals surface area (Å²) in [5.74, 6) is -1.42. The number of hydrogen-bond acceptors (Lipinski definition) is 5. The first-order valence-electron chi connectivity index (χ1n) is 8.48. The Morgan fingerprint density at radius 2 is 1.89 bits per heavy atom. The number of ether oxygens (including phenoxy) is 3. The van der Waals surface area contributed by atoms with Crippen LogP contribution in [0, 0.1) is 5.82 Å².